The Morgan fingerprint density at radius 1 is 2.00 bits per heavy atom. The van der Waals surface area contributed by atoms with Crippen LogP contribution in [0.3, 0.4) is 0 Å². The SMILES string of the molecule is CCNOC#N. The van der Waals surface area contributed by atoms with Gasteiger partial charge in [-0.2, -0.15) is 0 Å². The molecular weight excluding hydrogens is 80.0 g/mol. The Bertz CT molecular complexity index is 56.3. The number of hydrogen-bond donors (Lipinski definition) is 1. The minimum Gasteiger partial charge on any atom is -0.330 e. The van der Waals surface area contributed by atoms with Crippen LogP contribution >= 0.6 is 0 Å². The van der Waals surface area contributed by atoms with Crippen LogP contribution < -0.4 is 5.48 Å². The highest BCUT2D eigenvalue weighted by Crippen LogP contribution is 1.52. The molecule has 0 aromatic heterocycles. The van der Waals surface area contributed by atoms with Crippen LogP contribution in [0.4, 0.5) is 0 Å². The van der Waals surface area contributed by atoms with Crippen LogP contribution in [0.2, 0.25) is 0 Å². The summed E-state index contributed by atoms with van der Waals surface area (Å²) in [5, 5.41) is 7.66. The van der Waals surface area contributed by atoms with Gasteiger partial charge in [-0.15, -0.1) is 10.7 Å². The van der Waals surface area contributed by atoms with Crippen molar-refractivity contribution in [3.8, 4) is 6.26 Å². The number of hydroxylamine groups is 1. The summed E-state index contributed by atoms with van der Waals surface area (Å²) in [4.78, 5) is 4.04. The quantitative estimate of drug-likeness (QED) is 0.292. The number of hydrogen-bond acceptors (Lipinski definition) is 3. The molecule has 0 saturated heterocycles. The van der Waals surface area contributed by atoms with Crippen molar-refractivity contribution in [1.82, 2.24) is 5.48 Å². The molecule has 0 bridgehead atoms. The van der Waals surface area contributed by atoms with Crippen molar-refractivity contribution in [2.24, 2.45) is 0 Å². The first-order valence-corrected chi connectivity index (χ1v) is 1.69. The molecule has 0 aliphatic carbocycles. The van der Waals surface area contributed by atoms with E-state index in [-0.39, 0.29) is 0 Å². The van der Waals surface area contributed by atoms with Crippen LogP contribution in [0.1, 0.15) is 6.92 Å². The van der Waals surface area contributed by atoms with Gasteiger partial charge in [0.1, 0.15) is 0 Å². The van der Waals surface area contributed by atoms with Crippen molar-refractivity contribution in [2.75, 3.05) is 6.54 Å². The lowest BCUT2D eigenvalue weighted by Crippen LogP contribution is -2.08. The molecule has 1 N–H and O–H groups in total. The third-order valence-electron chi connectivity index (χ3n) is 0.262. The third kappa shape index (κ3) is 3.25. The van der Waals surface area contributed by atoms with Gasteiger partial charge in [-0.25, -0.2) is 0 Å². The summed E-state index contributed by atoms with van der Waals surface area (Å²) in [7, 11) is 0. The predicted molar refractivity (Wildman–Crippen MR) is 20.4 cm³/mol. The Morgan fingerprint density at radius 3 is 2.83 bits per heavy atom. The monoisotopic (exact) mass is 86.0 g/mol. The highest BCUT2D eigenvalue weighted by Gasteiger charge is 1.67. The zero-order valence-corrected chi connectivity index (χ0v) is 3.56. The second-order valence-electron chi connectivity index (χ2n) is 0.691. The molecule has 0 atom stereocenters. The zero-order valence-electron chi connectivity index (χ0n) is 3.56. The van der Waals surface area contributed by atoms with Gasteiger partial charge >= 0.3 is 6.26 Å². The molecule has 3 heteroatoms. The van der Waals surface area contributed by atoms with Crippen molar-refractivity contribution in [3.05, 3.63) is 0 Å². The smallest absolute Gasteiger partial charge is 0.307 e. The minimum absolute atomic E-state index is 0.660. The fourth-order valence-electron chi connectivity index (χ4n) is 0.104. The van der Waals surface area contributed by atoms with Gasteiger partial charge in [-0.3, -0.25) is 0 Å². The fourth-order valence-corrected chi connectivity index (χ4v) is 0.104. The minimum atomic E-state index is 0.660. The van der Waals surface area contributed by atoms with Crippen LogP contribution in [0.5, 0.6) is 0 Å². The topological polar surface area (TPSA) is 45.0 Å². The van der Waals surface area contributed by atoms with Gasteiger partial charge in [0.05, 0.1) is 0 Å². The Labute approximate surface area is 36.5 Å². The standard InChI is InChI=1S/C3H6N2O/c1-2-5-6-3-4/h5H,2H2,1H3. The van der Waals surface area contributed by atoms with Gasteiger partial charge in [0, 0.05) is 6.54 Å². The van der Waals surface area contributed by atoms with E-state index in [9.17, 15) is 0 Å². The van der Waals surface area contributed by atoms with Gasteiger partial charge < -0.3 is 4.84 Å². The van der Waals surface area contributed by atoms with Crippen LogP contribution in [-0.4, -0.2) is 6.54 Å². The molecule has 0 radical (unpaired) electrons. The largest absolute Gasteiger partial charge is 0.330 e. The van der Waals surface area contributed by atoms with Crippen LogP contribution in [0.15, 0.2) is 0 Å². The molecule has 0 rings (SSSR count). The molecule has 0 aromatic carbocycles. The number of nitriles is 1. The second-order valence-corrected chi connectivity index (χ2v) is 0.691. The summed E-state index contributed by atoms with van der Waals surface area (Å²) in [5.74, 6) is 0. The van der Waals surface area contributed by atoms with Gasteiger partial charge in [0.15, 0.2) is 0 Å². The normalized spacial score (nSPS) is 6.67. The Hall–Kier alpha value is -0.750. The lowest BCUT2D eigenvalue weighted by Gasteiger charge is -1.86. The fraction of sp³-hybridized carbons (Fsp3) is 0.667. The lowest BCUT2D eigenvalue weighted by molar-refractivity contribution is 0.158. The van der Waals surface area contributed by atoms with E-state index in [1.165, 1.54) is 6.26 Å². The summed E-state index contributed by atoms with van der Waals surface area (Å²) in [6, 6.07) is 0. The summed E-state index contributed by atoms with van der Waals surface area (Å²) >= 11 is 0. The van der Waals surface area contributed by atoms with E-state index in [4.69, 9.17) is 5.26 Å². The molecule has 0 saturated carbocycles. The van der Waals surface area contributed by atoms with Gasteiger partial charge in [0.2, 0.25) is 0 Å². The van der Waals surface area contributed by atoms with Crippen molar-refractivity contribution in [3.63, 3.8) is 0 Å². The van der Waals surface area contributed by atoms with Crippen LogP contribution in [0, 0.1) is 11.5 Å². The van der Waals surface area contributed by atoms with Gasteiger partial charge in [-0.1, -0.05) is 0 Å². The number of rotatable bonds is 2. The summed E-state index contributed by atoms with van der Waals surface area (Å²) in [5.41, 5.74) is 2.34. The maximum atomic E-state index is 7.66. The third-order valence-corrected chi connectivity index (χ3v) is 0.262. The molecule has 3 nitrogen and oxygen atoms in total. The molecule has 0 unspecified atom stereocenters. The van der Waals surface area contributed by atoms with E-state index < -0.39 is 0 Å². The van der Waals surface area contributed by atoms with Crippen molar-refractivity contribution in [1.29, 1.82) is 5.26 Å². The van der Waals surface area contributed by atoms with Gasteiger partial charge in [-0.05, 0) is 6.92 Å². The second kappa shape index (κ2) is 4.25. The highest BCUT2D eigenvalue weighted by molar-refractivity contribution is 4.40. The van der Waals surface area contributed by atoms with Crippen LogP contribution in [-0.2, 0) is 4.84 Å². The maximum absolute atomic E-state index is 7.66. The van der Waals surface area contributed by atoms with E-state index in [2.05, 4.69) is 10.3 Å². The Balaban J connectivity index is 2.54. The summed E-state index contributed by atoms with van der Waals surface area (Å²) in [6.07, 6.45) is 1.46. The molecular formula is C3H6N2O. The number of nitrogens with one attached hydrogen (secondary N) is 1. The lowest BCUT2D eigenvalue weighted by atomic mass is 10.8. The molecule has 0 spiro atoms. The van der Waals surface area contributed by atoms with E-state index in [0.717, 1.165) is 0 Å². The molecule has 0 heterocycles. The van der Waals surface area contributed by atoms with Crippen molar-refractivity contribution in [2.45, 2.75) is 6.92 Å². The van der Waals surface area contributed by atoms with Crippen LogP contribution in [0.25, 0.3) is 0 Å². The molecule has 0 aromatic rings. The molecule has 0 amide bonds. The first-order chi connectivity index (χ1) is 2.91. The highest BCUT2D eigenvalue weighted by atomic mass is 16.6. The van der Waals surface area contributed by atoms with E-state index in [0.29, 0.717) is 6.54 Å². The predicted octanol–water partition coefficient (Wildman–Crippen LogP) is 0.00858. The van der Waals surface area contributed by atoms with Crippen molar-refractivity contribution < 1.29 is 4.84 Å². The first kappa shape index (κ1) is 5.25. The molecule has 0 aliphatic rings. The molecule has 0 aliphatic heterocycles. The van der Waals surface area contributed by atoms with E-state index >= 15 is 0 Å². The maximum Gasteiger partial charge on any atom is 0.307 e. The summed E-state index contributed by atoms with van der Waals surface area (Å²) < 4.78 is 0. The molecule has 6 heavy (non-hydrogen) atoms. The average Bonchev–Trinajstić information content (AvgIpc) is 1.61. The molecule has 0 fully saturated rings. The molecule has 34 valence electrons. The Morgan fingerprint density at radius 2 is 2.67 bits per heavy atom. The summed E-state index contributed by atoms with van der Waals surface area (Å²) in [6.45, 7) is 2.50. The zero-order chi connectivity index (χ0) is 4.83. The average molecular weight is 86.1 g/mol. The van der Waals surface area contributed by atoms with Gasteiger partial charge in [0.25, 0.3) is 0 Å². The number of nitrogens with zero attached hydrogens (tertiary/aromatic N) is 1. The van der Waals surface area contributed by atoms with Crippen molar-refractivity contribution >= 4 is 0 Å². The first-order valence-electron chi connectivity index (χ1n) is 1.69. The van der Waals surface area contributed by atoms with E-state index in [1.807, 2.05) is 6.92 Å². The Kier molecular flexibility index (Phi) is 3.72. The van der Waals surface area contributed by atoms with E-state index in [1.54, 1.807) is 0 Å².